The molecule has 0 aromatic heterocycles. The van der Waals surface area contributed by atoms with Crippen LogP contribution < -0.4 is 0 Å². The van der Waals surface area contributed by atoms with Gasteiger partial charge in [0.05, 0.1) is 5.02 Å². The largest absolute Gasteiger partial charge is 0.294 e. The van der Waals surface area contributed by atoms with E-state index in [-0.39, 0.29) is 28.3 Å². The van der Waals surface area contributed by atoms with E-state index in [4.69, 9.17) is 11.6 Å². The van der Waals surface area contributed by atoms with Gasteiger partial charge in [-0.25, -0.2) is 0 Å². The molecule has 3 heteroatoms. The number of Topliss-reactive ketones (excluding diaryl/α,β-unsaturated/α-hetero) is 1. The molecule has 2 nitrogen and oxygen atoms in total. The van der Waals surface area contributed by atoms with Gasteiger partial charge < -0.3 is 0 Å². The van der Waals surface area contributed by atoms with Crippen molar-refractivity contribution in [2.24, 2.45) is 16.7 Å². The van der Waals surface area contributed by atoms with E-state index in [1.807, 2.05) is 6.92 Å². The Hall–Kier alpha value is -1.41. The van der Waals surface area contributed by atoms with Gasteiger partial charge in [0.15, 0.2) is 11.6 Å². The van der Waals surface area contributed by atoms with E-state index in [2.05, 4.69) is 13.8 Å². The molecule has 2 bridgehead atoms. The molecule has 2 aliphatic carbocycles. The highest BCUT2D eigenvalue weighted by atomic mass is 35.5. The monoisotopic (exact) mass is 302 g/mol. The molecule has 0 spiro atoms. The average Bonchev–Trinajstić information content (AvgIpc) is 2.73. The van der Waals surface area contributed by atoms with Crippen molar-refractivity contribution in [3.8, 4) is 0 Å². The number of rotatable bonds is 2. The van der Waals surface area contributed by atoms with Crippen molar-refractivity contribution >= 4 is 23.2 Å². The van der Waals surface area contributed by atoms with Crippen LogP contribution in [0.25, 0.3) is 0 Å². The summed E-state index contributed by atoms with van der Waals surface area (Å²) in [5.74, 6) is 0.154. The van der Waals surface area contributed by atoms with Gasteiger partial charge in [-0.3, -0.25) is 9.59 Å². The highest BCUT2D eigenvalue weighted by Crippen LogP contribution is 2.65. The maximum absolute atomic E-state index is 12.7. The number of ketones is 2. The van der Waals surface area contributed by atoms with Crippen molar-refractivity contribution in [3.63, 3.8) is 0 Å². The molecule has 0 saturated heterocycles. The Kier molecular flexibility index (Phi) is 3.14. The summed E-state index contributed by atoms with van der Waals surface area (Å²) in [5, 5.41) is 0.431. The van der Waals surface area contributed by atoms with Crippen molar-refractivity contribution in [1.82, 2.24) is 0 Å². The minimum atomic E-state index is -0.329. The third kappa shape index (κ3) is 1.85. The van der Waals surface area contributed by atoms with Crippen molar-refractivity contribution in [1.29, 1.82) is 0 Å². The molecule has 0 aliphatic heterocycles. The third-order valence-electron chi connectivity index (χ3n) is 5.79. The summed E-state index contributed by atoms with van der Waals surface area (Å²) in [7, 11) is 0. The Morgan fingerprint density at radius 3 is 2.52 bits per heavy atom. The van der Waals surface area contributed by atoms with Crippen LogP contribution in [0.15, 0.2) is 35.9 Å². The number of hydrogen-bond donors (Lipinski definition) is 0. The topological polar surface area (TPSA) is 34.1 Å². The van der Waals surface area contributed by atoms with E-state index < -0.39 is 0 Å². The van der Waals surface area contributed by atoms with Gasteiger partial charge >= 0.3 is 0 Å². The van der Waals surface area contributed by atoms with E-state index >= 15 is 0 Å². The van der Waals surface area contributed by atoms with Gasteiger partial charge in [0.25, 0.3) is 0 Å². The first-order valence-corrected chi connectivity index (χ1v) is 7.72. The molecule has 2 saturated carbocycles. The molecule has 1 aromatic rings. The van der Waals surface area contributed by atoms with Crippen LogP contribution in [0.5, 0.6) is 0 Å². The Balaban J connectivity index is 2.01. The van der Waals surface area contributed by atoms with Gasteiger partial charge in [-0.15, -0.1) is 0 Å². The van der Waals surface area contributed by atoms with Gasteiger partial charge in [0.1, 0.15) is 0 Å². The number of carbonyl (C=O) groups excluding carboxylic acids is 2. The summed E-state index contributed by atoms with van der Waals surface area (Å²) in [5.41, 5.74) is 0.755. The predicted molar refractivity (Wildman–Crippen MR) is 83.5 cm³/mol. The lowest BCUT2D eigenvalue weighted by Crippen LogP contribution is -2.32. The van der Waals surface area contributed by atoms with Crippen LogP contribution in [0.1, 0.15) is 44.0 Å². The summed E-state index contributed by atoms with van der Waals surface area (Å²) in [4.78, 5) is 25.1. The molecule has 3 rings (SSSR count). The fraction of sp³-hybridized carbons (Fsp3) is 0.444. The Morgan fingerprint density at radius 1 is 1.29 bits per heavy atom. The molecular weight excluding hydrogens is 284 g/mol. The van der Waals surface area contributed by atoms with Gasteiger partial charge in [-0.1, -0.05) is 44.5 Å². The highest BCUT2D eigenvalue weighted by Gasteiger charge is 2.63. The van der Waals surface area contributed by atoms with Crippen molar-refractivity contribution in [2.45, 2.75) is 33.6 Å². The van der Waals surface area contributed by atoms with Crippen LogP contribution in [0.2, 0.25) is 5.02 Å². The lowest BCUT2D eigenvalue weighted by atomic mass is 9.70. The van der Waals surface area contributed by atoms with E-state index in [1.54, 1.807) is 24.3 Å². The second-order valence-corrected chi connectivity index (χ2v) is 7.33. The van der Waals surface area contributed by atoms with Crippen LogP contribution in [-0.4, -0.2) is 11.6 Å². The van der Waals surface area contributed by atoms with Gasteiger partial charge in [-0.05, 0) is 42.4 Å². The number of carbonyl (C=O) groups is 2. The SMILES string of the molecule is CC1(C)[C@@H]2CC[C@@]1(C)C(=O)/C2=C/C(=O)c1ccccc1Cl. The van der Waals surface area contributed by atoms with Crippen LogP contribution in [-0.2, 0) is 4.79 Å². The molecule has 2 fully saturated rings. The molecule has 0 radical (unpaired) electrons. The summed E-state index contributed by atoms with van der Waals surface area (Å²) >= 11 is 6.07. The first-order valence-electron chi connectivity index (χ1n) is 7.34. The first-order chi connectivity index (χ1) is 9.79. The van der Waals surface area contributed by atoms with E-state index in [1.165, 1.54) is 6.08 Å². The second-order valence-electron chi connectivity index (χ2n) is 6.92. The third-order valence-corrected chi connectivity index (χ3v) is 6.12. The van der Waals surface area contributed by atoms with Gasteiger partial charge in [0.2, 0.25) is 0 Å². The Labute approximate surface area is 130 Å². The summed E-state index contributed by atoms with van der Waals surface area (Å²) in [6.07, 6.45) is 3.43. The fourth-order valence-corrected chi connectivity index (χ4v) is 4.20. The van der Waals surface area contributed by atoms with Gasteiger partial charge in [-0.2, -0.15) is 0 Å². The maximum atomic E-state index is 12.7. The second kappa shape index (κ2) is 4.54. The Bertz CT molecular complexity index is 672. The van der Waals surface area contributed by atoms with Crippen molar-refractivity contribution < 1.29 is 9.59 Å². The number of benzene rings is 1. The molecule has 2 atom stereocenters. The fourth-order valence-electron chi connectivity index (χ4n) is 3.97. The summed E-state index contributed by atoms with van der Waals surface area (Å²) < 4.78 is 0. The highest BCUT2D eigenvalue weighted by molar-refractivity contribution is 6.34. The van der Waals surface area contributed by atoms with Crippen LogP contribution in [0.3, 0.4) is 0 Å². The molecular formula is C18H19ClO2. The smallest absolute Gasteiger partial charge is 0.187 e. The van der Waals surface area contributed by atoms with E-state index in [0.717, 1.165) is 12.8 Å². The predicted octanol–water partition coefficient (Wildman–Crippen LogP) is 4.47. The van der Waals surface area contributed by atoms with Crippen molar-refractivity contribution in [3.05, 3.63) is 46.5 Å². The normalized spacial score (nSPS) is 31.9. The molecule has 0 unspecified atom stereocenters. The molecule has 21 heavy (non-hydrogen) atoms. The van der Waals surface area contributed by atoms with E-state index in [9.17, 15) is 9.59 Å². The summed E-state index contributed by atoms with van der Waals surface area (Å²) in [6, 6.07) is 6.97. The van der Waals surface area contributed by atoms with Gasteiger partial charge in [0, 0.05) is 16.6 Å². The summed E-state index contributed by atoms with van der Waals surface area (Å²) in [6.45, 7) is 6.32. The molecule has 0 heterocycles. The van der Waals surface area contributed by atoms with Crippen LogP contribution in [0, 0.1) is 16.7 Å². The minimum absolute atomic E-state index is 0.0727. The molecule has 110 valence electrons. The van der Waals surface area contributed by atoms with E-state index in [0.29, 0.717) is 16.2 Å². The quantitative estimate of drug-likeness (QED) is 0.596. The Morgan fingerprint density at radius 2 is 1.95 bits per heavy atom. The average molecular weight is 303 g/mol. The lowest BCUT2D eigenvalue weighted by Gasteiger charge is -2.31. The lowest BCUT2D eigenvalue weighted by molar-refractivity contribution is -0.125. The zero-order valence-electron chi connectivity index (χ0n) is 12.6. The molecule has 1 aromatic carbocycles. The number of allylic oxidation sites excluding steroid dienone is 2. The standard InChI is InChI=1S/C18H19ClO2/c1-17(2)13-8-9-18(17,3)16(21)12(13)10-15(20)11-6-4-5-7-14(11)19/h4-7,10,13H,8-9H2,1-3H3/b12-10+/t13-,18+/m1/s1. The number of hydrogen-bond acceptors (Lipinski definition) is 2. The molecule has 2 aliphatic rings. The molecule has 0 N–H and O–H groups in total. The molecule has 0 amide bonds. The first kappa shape index (κ1) is 14.5. The zero-order chi connectivity index (χ0) is 15.4. The maximum Gasteiger partial charge on any atom is 0.187 e. The minimum Gasteiger partial charge on any atom is -0.294 e. The number of fused-ring (bicyclic) bond motifs is 2. The van der Waals surface area contributed by atoms with Crippen LogP contribution >= 0.6 is 11.6 Å². The van der Waals surface area contributed by atoms with Crippen LogP contribution in [0.4, 0.5) is 0 Å². The zero-order valence-corrected chi connectivity index (χ0v) is 13.3. The number of halogens is 1. The van der Waals surface area contributed by atoms with Crippen molar-refractivity contribution in [2.75, 3.05) is 0 Å².